The third-order valence-corrected chi connectivity index (χ3v) is 6.02. The van der Waals surface area contributed by atoms with E-state index in [4.69, 9.17) is 37.9 Å². The molecule has 0 saturated heterocycles. The van der Waals surface area contributed by atoms with E-state index in [0.29, 0.717) is 0 Å². The summed E-state index contributed by atoms with van der Waals surface area (Å²) in [6.07, 6.45) is 0. The first-order valence-electron chi connectivity index (χ1n) is 10.0. The first-order valence-corrected chi connectivity index (χ1v) is 10.0. The lowest BCUT2D eigenvalue weighted by molar-refractivity contribution is -0.202. The molecule has 0 spiro atoms. The largest absolute Gasteiger partial charge is 0.466 e. The molecule has 2 bridgehead atoms. The van der Waals surface area contributed by atoms with Crippen molar-refractivity contribution < 1.29 is 66.7 Å². The van der Waals surface area contributed by atoms with E-state index in [1.54, 1.807) is 0 Å². The molecule has 0 fully saturated rings. The molecule has 2 aliphatic heterocycles. The van der Waals surface area contributed by atoms with E-state index in [-0.39, 0.29) is 16.7 Å². The van der Waals surface area contributed by atoms with Crippen molar-refractivity contribution in [1.82, 2.24) is 0 Å². The topological polar surface area (TPSA) is 176 Å². The van der Waals surface area contributed by atoms with Crippen molar-refractivity contribution >= 4 is 35.8 Å². The van der Waals surface area contributed by atoms with Gasteiger partial charge < -0.3 is 37.9 Å². The van der Waals surface area contributed by atoms with Gasteiger partial charge in [-0.2, -0.15) is 0 Å². The van der Waals surface area contributed by atoms with Crippen molar-refractivity contribution in [2.75, 3.05) is 49.8 Å². The third kappa shape index (κ3) is 3.18. The summed E-state index contributed by atoms with van der Waals surface area (Å²) < 4.78 is 40.2. The Hall–Kier alpha value is -4.04. The highest BCUT2D eigenvalue weighted by Gasteiger charge is 2.78. The first kappa shape index (κ1) is 26.6. The van der Waals surface area contributed by atoms with Crippen molar-refractivity contribution in [3.63, 3.8) is 0 Å². The van der Waals surface area contributed by atoms with Crippen molar-refractivity contribution in [1.29, 1.82) is 0 Å². The van der Waals surface area contributed by atoms with Crippen molar-refractivity contribution in [3.05, 3.63) is 33.4 Å². The Bertz CT molecular complexity index is 1160. The summed E-state index contributed by atoms with van der Waals surface area (Å²) >= 11 is 0. The van der Waals surface area contributed by atoms with Crippen LogP contribution in [-0.2, 0) is 66.7 Å². The molecule has 1 aliphatic carbocycles. The van der Waals surface area contributed by atoms with Crippen LogP contribution in [0.4, 0.5) is 0 Å². The van der Waals surface area contributed by atoms with E-state index in [2.05, 4.69) is 0 Å². The average Bonchev–Trinajstić information content (AvgIpc) is 3.46. The number of carbonyl (C=O) groups excluding carboxylic acids is 6. The van der Waals surface area contributed by atoms with Crippen LogP contribution in [0.5, 0.6) is 0 Å². The van der Waals surface area contributed by atoms with Gasteiger partial charge >= 0.3 is 35.8 Å². The van der Waals surface area contributed by atoms with Gasteiger partial charge in [0.2, 0.25) is 11.4 Å². The van der Waals surface area contributed by atoms with E-state index in [0.717, 1.165) is 49.8 Å². The second kappa shape index (κ2) is 9.20. The summed E-state index contributed by atoms with van der Waals surface area (Å²) in [5.74, 6) is -10.9. The van der Waals surface area contributed by atoms with Crippen LogP contribution < -0.4 is 0 Å². The van der Waals surface area contributed by atoms with Crippen LogP contribution in [0.1, 0.15) is 0 Å². The molecule has 14 nitrogen and oxygen atoms in total. The minimum Gasteiger partial charge on any atom is -0.466 e. The minimum absolute atomic E-state index is 0.267. The van der Waals surface area contributed by atoms with Gasteiger partial charge in [0.15, 0.2) is 0 Å². The number of carbonyl (C=O) groups is 6. The van der Waals surface area contributed by atoms with E-state index in [1.165, 1.54) is 0 Å². The van der Waals surface area contributed by atoms with Gasteiger partial charge in [0.1, 0.15) is 11.1 Å². The van der Waals surface area contributed by atoms with Crippen LogP contribution in [0.15, 0.2) is 33.4 Å². The molecular formula is C22H22O14. The van der Waals surface area contributed by atoms with Crippen LogP contribution in [0, 0.1) is 5.92 Å². The monoisotopic (exact) mass is 510 g/mol. The summed E-state index contributed by atoms with van der Waals surface area (Å²) in [6.45, 7) is 0. The van der Waals surface area contributed by atoms with Gasteiger partial charge in [0.25, 0.3) is 0 Å². The Kier molecular flexibility index (Phi) is 6.79. The third-order valence-electron chi connectivity index (χ3n) is 6.02. The fraction of sp³-hybridized carbons (Fsp3) is 0.455. The Balaban J connectivity index is 2.50. The summed E-state index contributed by atoms with van der Waals surface area (Å²) in [7, 11) is 6.95. The quantitative estimate of drug-likeness (QED) is 0.277. The predicted molar refractivity (Wildman–Crippen MR) is 110 cm³/mol. The predicted octanol–water partition coefficient (Wildman–Crippen LogP) is -1.33. The van der Waals surface area contributed by atoms with Gasteiger partial charge in [-0.1, -0.05) is 0 Å². The van der Waals surface area contributed by atoms with E-state index in [1.807, 2.05) is 0 Å². The number of hydrogen-bond acceptors (Lipinski definition) is 14. The van der Waals surface area contributed by atoms with E-state index < -0.39 is 69.8 Å². The average molecular weight is 510 g/mol. The molecule has 0 N–H and O–H groups in total. The molecule has 2 heterocycles. The van der Waals surface area contributed by atoms with Gasteiger partial charge in [-0.3, -0.25) is 0 Å². The molecule has 0 unspecified atom stereocenters. The number of fused-ring (bicyclic) bond motifs is 2. The lowest BCUT2D eigenvalue weighted by Crippen LogP contribution is -2.47. The number of methoxy groups -OCH3 is 7. The molecule has 0 aromatic rings. The zero-order valence-electron chi connectivity index (χ0n) is 20.3. The van der Waals surface area contributed by atoms with Crippen LogP contribution in [-0.4, -0.2) is 97.0 Å². The molecule has 36 heavy (non-hydrogen) atoms. The van der Waals surface area contributed by atoms with Gasteiger partial charge in [-0.15, -0.1) is 0 Å². The Morgan fingerprint density at radius 3 is 1.39 bits per heavy atom. The molecule has 0 saturated carbocycles. The first-order chi connectivity index (χ1) is 17.0. The molecule has 0 radical (unpaired) electrons. The fourth-order valence-corrected chi connectivity index (χ4v) is 4.58. The SMILES string of the molecule is COC(=O)C1=C(C(=O)OC)C1C1=C(C(=O)OC)[C@@]2(C(=O)OC)O[C@]1(OC)C(C(=O)OC)=C2C(=O)OC. The van der Waals surface area contributed by atoms with E-state index in [9.17, 15) is 28.8 Å². The molecule has 3 rings (SSSR count). The van der Waals surface area contributed by atoms with Crippen LogP contribution >= 0.6 is 0 Å². The number of rotatable bonds is 8. The summed E-state index contributed by atoms with van der Waals surface area (Å²) in [6, 6.07) is 0. The zero-order valence-corrected chi connectivity index (χ0v) is 20.3. The minimum atomic E-state index is -2.76. The lowest BCUT2D eigenvalue weighted by atomic mass is 9.73. The maximum Gasteiger partial charge on any atom is 0.348 e. The molecule has 0 amide bonds. The number of hydrogen-bond donors (Lipinski definition) is 0. The molecule has 0 aromatic heterocycles. The fourth-order valence-electron chi connectivity index (χ4n) is 4.58. The molecule has 2 atom stereocenters. The molecule has 14 heteroatoms. The zero-order chi connectivity index (χ0) is 27.2. The maximum atomic E-state index is 13.3. The molecule has 194 valence electrons. The summed E-state index contributed by atoms with van der Waals surface area (Å²) in [5, 5.41) is 0. The molecular weight excluding hydrogens is 488 g/mol. The highest BCUT2D eigenvalue weighted by Crippen LogP contribution is 2.65. The second-order valence-electron chi connectivity index (χ2n) is 7.35. The van der Waals surface area contributed by atoms with Gasteiger partial charge in [-0.05, 0) is 0 Å². The Morgan fingerprint density at radius 2 is 1.00 bits per heavy atom. The molecule has 3 aliphatic rings. The molecule has 0 aromatic carbocycles. The second-order valence-corrected chi connectivity index (χ2v) is 7.35. The Labute approximate surface area is 203 Å². The van der Waals surface area contributed by atoms with Crippen LogP contribution in [0.3, 0.4) is 0 Å². The lowest BCUT2D eigenvalue weighted by Gasteiger charge is -2.30. The maximum absolute atomic E-state index is 13.3. The van der Waals surface area contributed by atoms with Crippen molar-refractivity contribution in [3.8, 4) is 0 Å². The van der Waals surface area contributed by atoms with Gasteiger partial charge in [0, 0.05) is 12.7 Å². The van der Waals surface area contributed by atoms with Crippen molar-refractivity contribution in [2.45, 2.75) is 11.4 Å². The highest BCUT2D eigenvalue weighted by atomic mass is 16.7. The van der Waals surface area contributed by atoms with E-state index >= 15 is 0 Å². The van der Waals surface area contributed by atoms with Crippen LogP contribution in [0.25, 0.3) is 0 Å². The smallest absolute Gasteiger partial charge is 0.348 e. The summed E-state index contributed by atoms with van der Waals surface area (Å²) in [5.41, 5.74) is -5.78. The number of ether oxygens (including phenoxy) is 8. The van der Waals surface area contributed by atoms with Crippen LogP contribution in [0.2, 0.25) is 0 Å². The summed E-state index contributed by atoms with van der Waals surface area (Å²) in [4.78, 5) is 77.4. The standard InChI is InChI=1S/C22H22O14/c1-29-15(23)9-8(10(9)16(24)30-2)11-12(17(25)31-3)21(20(28)34-6)13(18(26)32-4)14(19(27)33-5)22(11,35-7)36-21/h8H,1-7H3/t21-,22+/m1/s1. The van der Waals surface area contributed by atoms with Gasteiger partial charge in [0.05, 0.1) is 65.3 Å². The van der Waals surface area contributed by atoms with Gasteiger partial charge in [-0.25, -0.2) is 28.8 Å². The van der Waals surface area contributed by atoms with Crippen molar-refractivity contribution in [2.24, 2.45) is 5.92 Å². The highest BCUT2D eigenvalue weighted by molar-refractivity contribution is 6.19. The number of esters is 6. The Morgan fingerprint density at radius 1 is 0.583 bits per heavy atom. The normalized spacial score (nSPS) is 24.4.